The molecule has 5 rings (SSSR count). The van der Waals surface area contributed by atoms with Gasteiger partial charge in [-0.05, 0) is 86.0 Å². The van der Waals surface area contributed by atoms with Crippen LogP contribution in [0.5, 0.6) is 0 Å². The largest absolute Gasteiger partial charge is 0.465 e. The number of sulfone groups is 1. The number of fused-ring (bicyclic) bond motifs is 1. The minimum atomic E-state index is -3.44. The lowest BCUT2D eigenvalue weighted by molar-refractivity contribution is -0.118. The maximum absolute atomic E-state index is 13.2. The molecule has 1 aromatic heterocycles. The molecule has 0 saturated carbocycles. The van der Waals surface area contributed by atoms with Crippen LogP contribution in [0.2, 0.25) is 0 Å². The fourth-order valence-electron chi connectivity index (χ4n) is 5.17. The van der Waals surface area contributed by atoms with E-state index in [1.54, 1.807) is 12.1 Å². The number of aromatic nitrogens is 2. The quantitative estimate of drug-likeness (QED) is 0.171. The molecule has 0 spiro atoms. The Hall–Kier alpha value is -4.96. The van der Waals surface area contributed by atoms with E-state index in [0.29, 0.717) is 11.3 Å². The average Bonchev–Trinajstić information content (AvgIpc) is 3.38. The molecule has 0 saturated heterocycles. The van der Waals surface area contributed by atoms with E-state index in [1.165, 1.54) is 36.8 Å². The third-order valence-electron chi connectivity index (χ3n) is 7.69. The molecule has 0 aliphatic rings. The fraction of sp³-hybridized carbons (Fsp3) is 0.206. The molecule has 3 N–H and O–H groups in total. The van der Waals surface area contributed by atoms with Crippen LogP contribution in [0, 0.1) is 13.8 Å². The van der Waals surface area contributed by atoms with Gasteiger partial charge in [0.15, 0.2) is 9.84 Å². The van der Waals surface area contributed by atoms with Crippen molar-refractivity contribution in [3.05, 3.63) is 113 Å². The monoisotopic (exact) mass is 610 g/mol. The highest BCUT2D eigenvalue weighted by Crippen LogP contribution is 2.33. The number of nitrogens with one attached hydrogen (secondary N) is 2. The van der Waals surface area contributed by atoms with Crippen LogP contribution in [0.25, 0.3) is 22.4 Å². The number of hydrogen-bond acceptors (Lipinski definition) is 5. The lowest BCUT2D eigenvalue weighted by atomic mass is 10.0. The third-order valence-corrected chi connectivity index (χ3v) is 9.44. The Balaban J connectivity index is 1.44. The minimum absolute atomic E-state index is 0.00154. The second kappa shape index (κ2) is 12.3. The highest BCUT2D eigenvalue weighted by molar-refractivity contribution is 7.91. The van der Waals surface area contributed by atoms with Crippen LogP contribution in [0.15, 0.2) is 95.9 Å². The molecule has 2 unspecified atom stereocenters. The summed E-state index contributed by atoms with van der Waals surface area (Å²) in [4.78, 5) is 29.8. The van der Waals surface area contributed by atoms with Crippen molar-refractivity contribution in [2.45, 2.75) is 44.7 Å². The Morgan fingerprint density at radius 2 is 1.48 bits per heavy atom. The predicted octanol–water partition coefficient (Wildman–Crippen LogP) is 6.67. The molecule has 9 nitrogen and oxygen atoms in total. The van der Waals surface area contributed by atoms with Crippen LogP contribution in [0.4, 0.5) is 10.5 Å². The standard InChI is InChI=1S/C34H34N4O5S/c1-5-44(42,43)28-17-13-25(14-18-28)31(37-34(40)41)33(39)35-27-15-11-26(12-16-27)32-36-29-19-8-22(3)20-30(29)38(32)23(4)24-9-6-21(2)7-10-24/h6-20,23,31,37H,5H2,1-4H3,(H,35,39)(H,40,41). The van der Waals surface area contributed by atoms with Crippen LogP contribution < -0.4 is 10.6 Å². The normalized spacial score (nSPS) is 12.9. The summed E-state index contributed by atoms with van der Waals surface area (Å²) in [6, 6.07) is 26.2. The number of aryl methyl sites for hydroxylation is 2. The number of anilines is 1. The van der Waals surface area contributed by atoms with E-state index >= 15 is 0 Å². The van der Waals surface area contributed by atoms with Crippen molar-refractivity contribution in [1.82, 2.24) is 14.9 Å². The summed E-state index contributed by atoms with van der Waals surface area (Å²) in [5.41, 5.74) is 6.99. The number of imidazole rings is 1. The van der Waals surface area contributed by atoms with Gasteiger partial charge in [0.1, 0.15) is 11.9 Å². The molecule has 0 aliphatic carbocycles. The van der Waals surface area contributed by atoms with Gasteiger partial charge in [-0.15, -0.1) is 0 Å². The lowest BCUT2D eigenvalue weighted by Gasteiger charge is -2.19. The SMILES string of the molecule is CCS(=O)(=O)c1ccc(C(NC(=O)O)C(=O)Nc2ccc(-c3nc4ccc(C)cc4n3C(C)c3ccc(C)cc3)cc2)cc1. The van der Waals surface area contributed by atoms with Crippen LogP contribution in [-0.2, 0) is 14.6 Å². The molecule has 44 heavy (non-hydrogen) atoms. The third kappa shape index (κ3) is 6.35. The summed E-state index contributed by atoms with van der Waals surface area (Å²) in [6.45, 7) is 7.80. The number of benzene rings is 4. The maximum Gasteiger partial charge on any atom is 0.405 e. The molecule has 2 amide bonds. The van der Waals surface area contributed by atoms with Crippen molar-refractivity contribution in [3.8, 4) is 11.4 Å². The van der Waals surface area contributed by atoms with E-state index in [2.05, 4.69) is 66.3 Å². The summed E-state index contributed by atoms with van der Waals surface area (Å²) < 4.78 is 26.6. The second-order valence-corrected chi connectivity index (χ2v) is 13.1. The van der Waals surface area contributed by atoms with Gasteiger partial charge in [0, 0.05) is 11.3 Å². The molecule has 0 aliphatic heterocycles. The van der Waals surface area contributed by atoms with Gasteiger partial charge in [-0.2, -0.15) is 0 Å². The van der Waals surface area contributed by atoms with Gasteiger partial charge < -0.3 is 20.3 Å². The molecule has 2 atom stereocenters. The molecular weight excluding hydrogens is 576 g/mol. The van der Waals surface area contributed by atoms with Crippen molar-refractivity contribution in [3.63, 3.8) is 0 Å². The minimum Gasteiger partial charge on any atom is -0.465 e. The van der Waals surface area contributed by atoms with Gasteiger partial charge in [-0.3, -0.25) is 4.79 Å². The van der Waals surface area contributed by atoms with Gasteiger partial charge in [-0.1, -0.05) is 55.0 Å². The van der Waals surface area contributed by atoms with E-state index in [1.807, 2.05) is 24.3 Å². The molecule has 0 radical (unpaired) electrons. The zero-order valence-corrected chi connectivity index (χ0v) is 25.7. The topological polar surface area (TPSA) is 130 Å². The number of rotatable bonds is 9. The first-order valence-electron chi connectivity index (χ1n) is 14.3. The Morgan fingerprint density at radius 3 is 2.09 bits per heavy atom. The van der Waals surface area contributed by atoms with E-state index < -0.39 is 27.9 Å². The molecule has 4 aromatic carbocycles. The molecule has 0 bridgehead atoms. The fourth-order valence-corrected chi connectivity index (χ4v) is 6.05. The van der Waals surface area contributed by atoms with Gasteiger partial charge >= 0.3 is 6.09 Å². The number of carbonyl (C=O) groups is 2. The Kier molecular flexibility index (Phi) is 8.55. The van der Waals surface area contributed by atoms with Crippen LogP contribution in [0.1, 0.15) is 48.2 Å². The number of carbonyl (C=O) groups excluding carboxylic acids is 1. The highest BCUT2D eigenvalue weighted by Gasteiger charge is 2.24. The summed E-state index contributed by atoms with van der Waals surface area (Å²) in [5, 5.41) is 14.4. The highest BCUT2D eigenvalue weighted by atomic mass is 32.2. The zero-order valence-electron chi connectivity index (χ0n) is 24.9. The number of nitrogens with zero attached hydrogens (tertiary/aromatic N) is 2. The Morgan fingerprint density at radius 1 is 0.864 bits per heavy atom. The predicted molar refractivity (Wildman–Crippen MR) is 172 cm³/mol. The first kappa shape index (κ1) is 30.5. The average molecular weight is 611 g/mol. The maximum atomic E-state index is 13.2. The van der Waals surface area contributed by atoms with Crippen LogP contribution >= 0.6 is 0 Å². The van der Waals surface area contributed by atoms with E-state index in [-0.39, 0.29) is 16.7 Å². The van der Waals surface area contributed by atoms with Crippen molar-refractivity contribution in [2.24, 2.45) is 0 Å². The molecule has 0 fully saturated rings. The number of amides is 2. The van der Waals surface area contributed by atoms with Crippen LogP contribution in [-0.4, -0.2) is 40.8 Å². The van der Waals surface area contributed by atoms with Crippen molar-refractivity contribution < 1.29 is 23.1 Å². The Labute approximate surface area is 256 Å². The zero-order chi connectivity index (χ0) is 31.6. The number of hydrogen-bond donors (Lipinski definition) is 3. The Bertz CT molecular complexity index is 1930. The first-order chi connectivity index (χ1) is 21.0. The number of carboxylic acid groups (broad SMARTS) is 1. The molecule has 1 heterocycles. The van der Waals surface area contributed by atoms with Gasteiger partial charge in [0.05, 0.1) is 27.7 Å². The van der Waals surface area contributed by atoms with Gasteiger partial charge in [0.25, 0.3) is 5.91 Å². The molecule has 10 heteroatoms. The van der Waals surface area contributed by atoms with E-state index in [9.17, 15) is 23.1 Å². The van der Waals surface area contributed by atoms with Gasteiger partial charge in [-0.25, -0.2) is 18.2 Å². The second-order valence-electron chi connectivity index (χ2n) is 10.8. The van der Waals surface area contributed by atoms with Gasteiger partial charge in [0.2, 0.25) is 0 Å². The summed E-state index contributed by atoms with van der Waals surface area (Å²) in [7, 11) is -3.44. The molecular formula is C34H34N4O5S. The molecule has 226 valence electrons. The lowest BCUT2D eigenvalue weighted by Crippen LogP contribution is -2.36. The smallest absolute Gasteiger partial charge is 0.405 e. The van der Waals surface area contributed by atoms with Crippen molar-refractivity contribution >= 4 is 38.6 Å². The molecule has 5 aromatic rings. The summed E-state index contributed by atoms with van der Waals surface area (Å²) in [6.07, 6.45) is -1.39. The van der Waals surface area contributed by atoms with E-state index in [4.69, 9.17) is 4.98 Å². The van der Waals surface area contributed by atoms with Crippen molar-refractivity contribution in [2.75, 3.05) is 11.1 Å². The van der Waals surface area contributed by atoms with Crippen LogP contribution in [0.3, 0.4) is 0 Å². The summed E-state index contributed by atoms with van der Waals surface area (Å²) in [5.74, 6) is 0.103. The summed E-state index contributed by atoms with van der Waals surface area (Å²) >= 11 is 0. The van der Waals surface area contributed by atoms with Crippen molar-refractivity contribution in [1.29, 1.82) is 0 Å². The first-order valence-corrected chi connectivity index (χ1v) is 15.9. The van der Waals surface area contributed by atoms with E-state index in [0.717, 1.165) is 33.5 Å².